The molecule has 0 heterocycles. The second-order valence-electron chi connectivity index (χ2n) is 1.99. The number of rotatable bonds is 1. The molecule has 0 fully saturated rings. The van der Waals surface area contributed by atoms with Crippen LogP contribution in [0.4, 0.5) is 43.9 Å². The first-order valence-corrected chi connectivity index (χ1v) is 5.38. The van der Waals surface area contributed by atoms with Crippen LogP contribution < -0.4 is 0 Å². The molecule has 0 saturated heterocycles. The van der Waals surface area contributed by atoms with Crippen LogP contribution in [0.15, 0.2) is 0 Å². The van der Waals surface area contributed by atoms with Crippen LogP contribution in [0.2, 0.25) is 0 Å². The van der Waals surface area contributed by atoms with Crippen LogP contribution >= 0.6 is 0 Å². The van der Waals surface area contributed by atoms with Crippen LogP contribution in [0, 0.1) is 0 Å². The first-order valence-electron chi connectivity index (χ1n) is 2.89. The van der Waals surface area contributed by atoms with Crippen LogP contribution in [0.25, 0.3) is 0 Å². The van der Waals surface area contributed by atoms with Crippen molar-refractivity contribution >= 4 is 6.67 Å². The standard InChI is InChI=1S/C2F6N.C2F4.Cf/c3-1(4,5)9-2(6,7)8;3-1-2(4,5)6;/q-1;;+1. The van der Waals surface area contributed by atoms with Crippen molar-refractivity contribution in [3.05, 3.63) is 0 Å². The summed E-state index contributed by atoms with van der Waals surface area (Å²) in [6, 6.07) is 0. The van der Waals surface area contributed by atoms with E-state index in [9.17, 15) is 43.9 Å². The van der Waals surface area contributed by atoms with Gasteiger partial charge in [0.1, 0.15) is 0 Å². The predicted octanol–water partition coefficient (Wildman–Crippen LogP) is 2.99. The summed E-state index contributed by atoms with van der Waals surface area (Å²) in [6.07, 6.45) is -18.0. The summed E-state index contributed by atoms with van der Waals surface area (Å²) < 4.78 is 112. The normalized spacial score (nSPS) is 15.3. The SMILES string of the molecule is F[C](=[Cf][N](C(F)(F)F)C(F)(F)F)C(F)(F)F. The summed E-state index contributed by atoms with van der Waals surface area (Å²) in [5.41, 5.74) is 0. The van der Waals surface area contributed by atoms with Gasteiger partial charge in [-0.15, -0.1) is 0 Å². The van der Waals surface area contributed by atoms with Crippen molar-refractivity contribution in [1.29, 1.82) is 0 Å². The van der Waals surface area contributed by atoms with Crippen molar-refractivity contribution < 1.29 is 43.9 Å². The number of nitrogens with zero attached hydrogens (tertiary/aromatic N) is 1. The summed E-state index contributed by atoms with van der Waals surface area (Å²) in [5, 5.41) is -2.36. The molecule has 0 aromatic heterocycles. The molecule has 0 aromatic rings. The molecule has 0 aliphatic rings. The Morgan fingerprint density at radius 3 is 1.25 bits per heavy atom. The average Bonchev–Trinajstić information content (AvgIpc) is 1.92. The van der Waals surface area contributed by atoms with Crippen molar-refractivity contribution in [1.82, 2.24) is 5.32 Å². The zero-order chi connectivity index (χ0) is 13.4. The fraction of sp³-hybridized carbons (Fsp3) is 0.750. The molecular formula is C4CfF10N. The van der Waals surface area contributed by atoms with Gasteiger partial charge < -0.3 is 0 Å². The van der Waals surface area contributed by atoms with Crippen LogP contribution in [-0.4, -0.2) is 30.8 Å². The fourth-order valence-electron chi connectivity index (χ4n) is 0.326. The molecule has 0 aliphatic heterocycles. The molecular weight excluding hydrogens is 503 g/mol. The number of halogens is 10. The molecule has 0 radical (unpaired) electrons. The average molecular weight is 503 g/mol. The van der Waals surface area contributed by atoms with Gasteiger partial charge in [-0.1, -0.05) is 0 Å². The van der Waals surface area contributed by atoms with Gasteiger partial charge in [-0.2, -0.15) is 0 Å². The van der Waals surface area contributed by atoms with E-state index in [0.717, 1.165) is 0 Å². The molecule has 0 N–H and O–H groups in total. The topological polar surface area (TPSA) is 3.24 Å². The van der Waals surface area contributed by atoms with Gasteiger partial charge in [-0.3, -0.25) is 0 Å². The van der Waals surface area contributed by atoms with E-state index in [1.807, 2.05) is 0 Å². The summed E-state index contributed by atoms with van der Waals surface area (Å²) in [6.45, 7) is -3.24. The minimum atomic E-state index is -6.09. The Morgan fingerprint density at radius 1 is 0.750 bits per heavy atom. The third-order valence-electron chi connectivity index (χ3n) is 0.743. The van der Waals surface area contributed by atoms with Crippen molar-refractivity contribution in [3.8, 4) is 0 Å². The molecule has 0 saturated carbocycles. The molecule has 0 amide bonds. The van der Waals surface area contributed by atoms with E-state index in [1.54, 1.807) is 0 Å². The van der Waals surface area contributed by atoms with Gasteiger partial charge in [0.25, 0.3) is 0 Å². The Labute approximate surface area is 76.0 Å². The van der Waals surface area contributed by atoms with Crippen LogP contribution in [-0.2, 0) is 0 Å². The molecule has 16 heavy (non-hydrogen) atoms. The Hall–Kier alpha value is -1.87. The zero-order valence-electron chi connectivity index (χ0n) is 6.54. The van der Waals surface area contributed by atoms with Gasteiger partial charge in [0.15, 0.2) is 0 Å². The second kappa shape index (κ2) is 3.61. The summed E-state index contributed by atoms with van der Waals surface area (Å²) >= 11 is 0. The molecule has 0 rings (SSSR count). The van der Waals surface area contributed by atoms with Gasteiger partial charge in [0.05, 0.1) is 0 Å². The molecule has 0 unspecified atom stereocenters. The molecule has 1 nitrogen and oxygen atoms in total. The van der Waals surface area contributed by atoms with Gasteiger partial charge >= 0.3 is 74.7 Å². The fourth-order valence-corrected chi connectivity index (χ4v) is 1.84. The van der Waals surface area contributed by atoms with Crippen LogP contribution in [0.3, 0.4) is 0 Å². The Kier molecular flexibility index (Phi) is 3.19. The quantitative estimate of drug-likeness (QED) is 0.394. The predicted molar refractivity (Wildman–Crippen MR) is 26.1 cm³/mol. The van der Waals surface area contributed by atoms with Crippen LogP contribution in [0.1, 0.15) is 0 Å². The summed E-state index contributed by atoms with van der Waals surface area (Å²) in [5.74, 6) is 0. The minimum absolute atomic E-state index is 2.36. The first kappa shape index (κ1) is 14.1. The van der Waals surface area contributed by atoms with E-state index in [2.05, 4.69) is 0 Å². The molecule has 0 bridgehead atoms. The van der Waals surface area contributed by atoms with Gasteiger partial charge in [-0.25, -0.2) is 0 Å². The van der Waals surface area contributed by atoms with Gasteiger partial charge in [0, 0.05) is 0 Å². The van der Waals surface area contributed by atoms with Crippen molar-refractivity contribution in [3.63, 3.8) is 0 Å². The molecule has 0 atom stereocenters. The number of alkyl halides is 9. The van der Waals surface area contributed by atoms with Crippen molar-refractivity contribution in [2.75, 3.05) is 0 Å². The summed E-state index contributed by atoms with van der Waals surface area (Å²) in [7, 11) is 0. The van der Waals surface area contributed by atoms with E-state index in [-0.39, 0.29) is 0 Å². The first-order chi connectivity index (χ1) is 6.76. The Bertz CT molecular complexity index is 256. The van der Waals surface area contributed by atoms with Crippen molar-refractivity contribution in [2.24, 2.45) is 0 Å². The van der Waals surface area contributed by atoms with E-state index < -0.39 is 30.8 Å². The maximum absolute atomic E-state index is 12.0. The monoisotopic (exact) mass is 501 g/mol. The molecule has 0 aromatic carbocycles. The van der Waals surface area contributed by atoms with Gasteiger partial charge in [0.2, 0.25) is 0 Å². The molecule has 0 aliphatic carbocycles. The second-order valence-corrected chi connectivity index (χ2v) is 4.91. The van der Waals surface area contributed by atoms with E-state index in [0.29, 0.717) is 0 Å². The van der Waals surface area contributed by atoms with Gasteiger partial charge in [-0.05, 0) is 0 Å². The number of hydrogen-bond donors (Lipinski definition) is 0. The van der Waals surface area contributed by atoms with E-state index in [1.165, 1.54) is 0 Å². The third kappa shape index (κ3) is 3.71. The molecule has 12 heteroatoms. The van der Waals surface area contributed by atoms with Crippen molar-refractivity contribution in [2.45, 2.75) is 18.8 Å². The molecule has 101 valence electrons. The van der Waals surface area contributed by atoms with E-state index in [4.69, 9.17) is 0 Å². The van der Waals surface area contributed by atoms with E-state index >= 15 is 0 Å². The zero-order valence-corrected chi connectivity index (χ0v) is 9.18. The Balaban J connectivity index is 5.28. The number of hydrogen-bond acceptors (Lipinski definition) is 1. The Morgan fingerprint density at radius 2 is 1.06 bits per heavy atom. The maximum atomic E-state index is 12.0. The van der Waals surface area contributed by atoms with Crippen LogP contribution in [0.5, 0.6) is 0 Å². The molecule has 0 spiro atoms. The summed E-state index contributed by atoms with van der Waals surface area (Å²) in [4.78, 5) is 0. The third-order valence-corrected chi connectivity index (χ3v) is 3.93.